The van der Waals surface area contributed by atoms with Crippen molar-refractivity contribution in [3.05, 3.63) is 46.6 Å². The van der Waals surface area contributed by atoms with E-state index >= 15 is 0 Å². The summed E-state index contributed by atoms with van der Waals surface area (Å²) in [4.78, 5) is 67.5. The summed E-state index contributed by atoms with van der Waals surface area (Å²) in [5.74, 6) is -4.04. The number of hydrogen-bond acceptors (Lipinski definition) is 7. The maximum Gasteiger partial charge on any atom is 0.303 e. The molecule has 6 atom stereocenters. The van der Waals surface area contributed by atoms with Crippen molar-refractivity contribution in [1.82, 2.24) is 4.90 Å². The van der Waals surface area contributed by atoms with Crippen LogP contribution in [0, 0.1) is 29.1 Å². The first kappa shape index (κ1) is 29.7. The molecule has 2 N–H and O–H groups in total. The summed E-state index contributed by atoms with van der Waals surface area (Å²) in [6, 6.07) is 5.02. The summed E-state index contributed by atoms with van der Waals surface area (Å²) < 4.78 is 5.67. The second-order valence-electron chi connectivity index (χ2n) is 12.3. The van der Waals surface area contributed by atoms with E-state index in [2.05, 4.69) is 0 Å². The number of nitrogens with zero attached hydrogens (tertiary/aromatic N) is 1. The summed E-state index contributed by atoms with van der Waals surface area (Å²) in [7, 11) is 0. The van der Waals surface area contributed by atoms with E-state index in [1.807, 2.05) is 19.9 Å². The molecule has 2 fully saturated rings. The number of amides is 2. The SMILES string of the molecule is CCOc1cc([C@H]2C3=CC[C@@H]4C(=O)N(CCCCCC(=O)O)C(=O)[C@@H]4[C@@H]3C[C@H]3C(=O)C(C)=C(C)C(=O)[C@@]23C)ccc1O. The fourth-order valence-electron chi connectivity index (χ4n) is 7.95. The number of carboxylic acid groups (broad SMARTS) is 1. The van der Waals surface area contributed by atoms with Crippen molar-refractivity contribution >= 4 is 29.4 Å². The number of fused-ring (bicyclic) bond motifs is 4. The van der Waals surface area contributed by atoms with Gasteiger partial charge in [-0.2, -0.15) is 0 Å². The molecule has 224 valence electrons. The van der Waals surface area contributed by atoms with E-state index in [0.29, 0.717) is 49.9 Å². The number of rotatable bonds is 9. The molecule has 1 saturated carbocycles. The molecule has 0 bridgehead atoms. The molecule has 4 aliphatic rings. The van der Waals surface area contributed by atoms with Crippen LogP contribution < -0.4 is 4.74 Å². The average molecular weight is 578 g/mol. The zero-order valence-corrected chi connectivity index (χ0v) is 24.6. The van der Waals surface area contributed by atoms with E-state index in [0.717, 1.165) is 11.1 Å². The maximum absolute atomic E-state index is 14.1. The highest BCUT2D eigenvalue weighted by Gasteiger charge is 2.63. The summed E-state index contributed by atoms with van der Waals surface area (Å²) >= 11 is 0. The molecule has 2 amide bonds. The van der Waals surface area contributed by atoms with Gasteiger partial charge in [0.1, 0.15) is 0 Å². The Hall–Kier alpha value is -3.75. The number of benzene rings is 1. The van der Waals surface area contributed by atoms with Crippen LogP contribution in [-0.2, 0) is 24.0 Å². The fourth-order valence-corrected chi connectivity index (χ4v) is 7.95. The number of ketones is 2. The summed E-state index contributed by atoms with van der Waals surface area (Å²) in [6.45, 7) is 7.61. The minimum absolute atomic E-state index is 0.0270. The van der Waals surface area contributed by atoms with Gasteiger partial charge in [-0.05, 0) is 81.2 Å². The van der Waals surface area contributed by atoms with E-state index in [1.165, 1.54) is 11.0 Å². The Morgan fingerprint density at radius 1 is 1.05 bits per heavy atom. The van der Waals surface area contributed by atoms with Crippen LogP contribution >= 0.6 is 0 Å². The zero-order valence-electron chi connectivity index (χ0n) is 24.6. The number of imide groups is 1. The number of ether oxygens (including phenoxy) is 1. The Bertz CT molecular complexity index is 1420. The highest BCUT2D eigenvalue weighted by Crippen LogP contribution is 2.63. The van der Waals surface area contributed by atoms with Gasteiger partial charge in [0, 0.05) is 24.8 Å². The highest BCUT2D eigenvalue weighted by molar-refractivity contribution is 6.16. The molecule has 42 heavy (non-hydrogen) atoms. The lowest BCUT2D eigenvalue weighted by Crippen LogP contribution is -2.55. The number of likely N-dealkylation sites (tertiary alicyclic amines) is 1. The van der Waals surface area contributed by atoms with Crippen LogP contribution in [0.5, 0.6) is 11.5 Å². The van der Waals surface area contributed by atoms with Gasteiger partial charge in [0.15, 0.2) is 23.1 Å². The number of allylic oxidation sites excluding steroid dienone is 4. The molecule has 1 saturated heterocycles. The monoisotopic (exact) mass is 577 g/mol. The Morgan fingerprint density at radius 2 is 1.79 bits per heavy atom. The number of carboxylic acids is 1. The maximum atomic E-state index is 14.1. The summed E-state index contributed by atoms with van der Waals surface area (Å²) in [6.07, 6.45) is 4.32. The number of phenols is 1. The largest absolute Gasteiger partial charge is 0.504 e. The molecule has 3 aliphatic carbocycles. The van der Waals surface area contributed by atoms with E-state index in [9.17, 15) is 29.1 Å². The fraction of sp³-hybridized carbons (Fsp3) is 0.545. The van der Waals surface area contributed by atoms with Gasteiger partial charge in [-0.3, -0.25) is 28.9 Å². The number of hydrogen-bond donors (Lipinski definition) is 2. The zero-order chi connectivity index (χ0) is 30.5. The average Bonchev–Trinajstić information content (AvgIpc) is 3.20. The van der Waals surface area contributed by atoms with Crippen molar-refractivity contribution in [1.29, 1.82) is 0 Å². The van der Waals surface area contributed by atoms with E-state index in [-0.39, 0.29) is 47.8 Å². The van der Waals surface area contributed by atoms with E-state index < -0.39 is 41.0 Å². The van der Waals surface area contributed by atoms with Crippen LogP contribution in [0.3, 0.4) is 0 Å². The van der Waals surface area contributed by atoms with Crippen molar-refractivity contribution in [3.8, 4) is 11.5 Å². The van der Waals surface area contributed by atoms with Gasteiger partial charge in [0.05, 0.1) is 23.9 Å². The van der Waals surface area contributed by atoms with E-state index in [4.69, 9.17) is 9.84 Å². The summed E-state index contributed by atoms with van der Waals surface area (Å²) in [5, 5.41) is 19.3. The third-order valence-corrected chi connectivity index (χ3v) is 10.2. The molecule has 9 nitrogen and oxygen atoms in total. The molecule has 1 aliphatic heterocycles. The van der Waals surface area contributed by atoms with Gasteiger partial charge in [-0.15, -0.1) is 0 Å². The topological polar surface area (TPSA) is 138 Å². The number of aliphatic carboxylic acids is 1. The lowest BCUT2D eigenvalue weighted by molar-refractivity contribution is -0.143. The van der Waals surface area contributed by atoms with Crippen LogP contribution in [-0.4, -0.2) is 57.6 Å². The molecule has 1 heterocycles. The lowest BCUT2D eigenvalue weighted by atomic mass is 9.46. The minimum atomic E-state index is -1.11. The third-order valence-electron chi connectivity index (χ3n) is 10.2. The number of Topliss-reactive ketones (excluding diaryl/α,β-unsaturated/α-hetero) is 2. The van der Waals surface area contributed by atoms with Gasteiger partial charge in [-0.25, -0.2) is 0 Å². The number of unbranched alkanes of at least 4 members (excludes halogenated alkanes) is 2. The predicted molar refractivity (Wildman–Crippen MR) is 153 cm³/mol. The second-order valence-corrected chi connectivity index (χ2v) is 12.3. The molecule has 0 aromatic heterocycles. The normalized spacial score (nSPS) is 30.6. The van der Waals surface area contributed by atoms with Gasteiger partial charge in [0.25, 0.3) is 0 Å². The quantitative estimate of drug-likeness (QED) is 0.247. The van der Waals surface area contributed by atoms with Crippen molar-refractivity contribution in [3.63, 3.8) is 0 Å². The first-order chi connectivity index (χ1) is 19.9. The number of phenolic OH excluding ortho intramolecular Hbond substituents is 1. The van der Waals surface area contributed by atoms with Crippen molar-refractivity contribution in [2.24, 2.45) is 29.1 Å². The van der Waals surface area contributed by atoms with Gasteiger partial charge in [-0.1, -0.05) is 31.1 Å². The van der Waals surface area contributed by atoms with Crippen molar-refractivity contribution < 1.29 is 38.9 Å². The smallest absolute Gasteiger partial charge is 0.303 e. The number of aromatic hydroxyl groups is 1. The first-order valence-corrected chi connectivity index (χ1v) is 14.9. The molecular weight excluding hydrogens is 538 g/mol. The predicted octanol–water partition coefficient (Wildman–Crippen LogP) is 4.58. The molecule has 1 aromatic rings. The van der Waals surface area contributed by atoms with Gasteiger partial charge < -0.3 is 14.9 Å². The minimum Gasteiger partial charge on any atom is -0.504 e. The van der Waals surface area contributed by atoms with Crippen LogP contribution in [0.2, 0.25) is 0 Å². The van der Waals surface area contributed by atoms with E-state index in [1.54, 1.807) is 26.0 Å². The first-order valence-electron chi connectivity index (χ1n) is 14.9. The van der Waals surface area contributed by atoms with Crippen LogP contribution in [0.4, 0.5) is 0 Å². The van der Waals surface area contributed by atoms with Gasteiger partial charge in [0.2, 0.25) is 11.8 Å². The molecule has 0 radical (unpaired) electrons. The molecule has 0 spiro atoms. The Kier molecular flexibility index (Phi) is 7.89. The molecule has 9 heteroatoms. The molecule has 5 rings (SSSR count). The van der Waals surface area contributed by atoms with Crippen molar-refractivity contribution in [2.75, 3.05) is 13.2 Å². The molecular formula is C33H39NO8. The Labute approximate surface area is 245 Å². The molecule has 1 aromatic carbocycles. The van der Waals surface area contributed by atoms with Crippen LogP contribution in [0.1, 0.15) is 77.7 Å². The third kappa shape index (κ3) is 4.57. The number of carbonyl (C=O) groups is 5. The van der Waals surface area contributed by atoms with Crippen molar-refractivity contribution in [2.45, 2.75) is 72.1 Å². The van der Waals surface area contributed by atoms with Gasteiger partial charge >= 0.3 is 5.97 Å². The van der Waals surface area contributed by atoms with Crippen LogP contribution in [0.25, 0.3) is 0 Å². The highest BCUT2D eigenvalue weighted by atomic mass is 16.5. The second kappa shape index (κ2) is 11.2. The lowest BCUT2D eigenvalue weighted by Gasteiger charge is -2.54. The Morgan fingerprint density at radius 3 is 2.48 bits per heavy atom. The summed E-state index contributed by atoms with van der Waals surface area (Å²) in [5.41, 5.74) is 1.39. The standard InChI is InChI=1S/C33H39NO8/c1-5-42-25-15-19(10-13-24(25)35)28-20-11-12-21-27(32(41)34(31(21)40)14-8-6-7-9-26(36)37)22(20)16-23-29(38)17(2)18(3)30(39)33(23,28)4/h10-11,13,15,21-23,27-28,35H,5-9,12,14,16H2,1-4H3,(H,36,37)/t21-,22+,23-,27-,28-,33+/m0/s1. The molecule has 0 unspecified atom stereocenters. The number of carbonyl (C=O) groups excluding carboxylic acids is 4. The Balaban J connectivity index is 1.55. The van der Waals surface area contributed by atoms with Crippen LogP contribution in [0.15, 0.2) is 41.0 Å².